The highest BCUT2D eigenvalue weighted by Crippen LogP contribution is 2.68. The Balaban J connectivity index is 1.32. The molecule has 6 rings (SSSR count). The van der Waals surface area contributed by atoms with Crippen molar-refractivity contribution in [2.24, 2.45) is 46.8 Å². The van der Waals surface area contributed by atoms with E-state index in [1.807, 2.05) is 0 Å². The molecule has 0 amide bonds. The molecule has 0 spiro atoms. The highest BCUT2D eigenvalue weighted by Gasteiger charge is 2.67. The Morgan fingerprint density at radius 2 is 1.67 bits per heavy atom. The molecule has 30 heavy (non-hydrogen) atoms. The van der Waals surface area contributed by atoms with E-state index in [9.17, 15) is 15.3 Å². The van der Waals surface area contributed by atoms with Gasteiger partial charge in [-0.3, -0.25) is 4.90 Å². The lowest BCUT2D eigenvalue weighted by Crippen LogP contribution is -2.61. The Morgan fingerprint density at radius 1 is 0.833 bits per heavy atom. The fraction of sp³-hybridized carbons (Fsp3) is 1.00. The van der Waals surface area contributed by atoms with Crippen LogP contribution in [-0.2, 0) is 0 Å². The van der Waals surface area contributed by atoms with Crippen LogP contribution in [0.15, 0.2) is 0 Å². The van der Waals surface area contributed by atoms with Crippen molar-refractivity contribution in [1.82, 2.24) is 4.90 Å². The fourth-order valence-electron chi connectivity index (χ4n) is 10.3. The van der Waals surface area contributed by atoms with Crippen molar-refractivity contribution in [3.05, 3.63) is 0 Å². The van der Waals surface area contributed by atoms with Crippen LogP contribution in [0.2, 0.25) is 0 Å². The Hall–Kier alpha value is -0.160. The Morgan fingerprint density at radius 3 is 2.50 bits per heavy atom. The maximum Gasteiger partial charge on any atom is 0.0711 e. The van der Waals surface area contributed by atoms with Gasteiger partial charge in [0.1, 0.15) is 0 Å². The van der Waals surface area contributed by atoms with Crippen LogP contribution >= 0.6 is 0 Å². The number of fused-ring (bicyclic) bond motifs is 8. The normalized spacial score (nSPS) is 60.7. The Kier molecular flexibility index (Phi) is 4.72. The second-order valence-corrected chi connectivity index (χ2v) is 12.7. The maximum atomic E-state index is 12.2. The number of rotatable bonds is 0. The van der Waals surface area contributed by atoms with Gasteiger partial charge in [0, 0.05) is 12.6 Å². The first kappa shape index (κ1) is 20.4. The van der Waals surface area contributed by atoms with Gasteiger partial charge < -0.3 is 15.3 Å². The highest BCUT2D eigenvalue weighted by atomic mass is 16.3. The monoisotopic (exact) mass is 417 g/mol. The number of nitrogens with zero attached hydrogens (tertiary/aromatic N) is 1. The molecule has 4 nitrogen and oxygen atoms in total. The third-order valence-corrected chi connectivity index (χ3v) is 11.8. The second-order valence-electron chi connectivity index (χ2n) is 12.7. The molecule has 0 unspecified atom stereocenters. The first-order chi connectivity index (χ1) is 14.3. The quantitative estimate of drug-likeness (QED) is 0.565. The summed E-state index contributed by atoms with van der Waals surface area (Å²) < 4.78 is 0. The Bertz CT molecular complexity index is 685. The second kappa shape index (κ2) is 6.92. The lowest BCUT2D eigenvalue weighted by Gasteiger charge is -2.58. The van der Waals surface area contributed by atoms with E-state index in [0.29, 0.717) is 17.8 Å². The van der Waals surface area contributed by atoms with E-state index < -0.39 is 5.60 Å². The van der Waals surface area contributed by atoms with E-state index >= 15 is 0 Å². The van der Waals surface area contributed by atoms with Gasteiger partial charge in [-0.15, -0.1) is 0 Å². The number of piperidine rings is 2. The molecule has 0 radical (unpaired) electrons. The van der Waals surface area contributed by atoms with Gasteiger partial charge in [-0.1, -0.05) is 20.3 Å². The van der Waals surface area contributed by atoms with E-state index in [1.165, 1.54) is 38.8 Å². The molecule has 4 saturated carbocycles. The largest absolute Gasteiger partial charge is 0.393 e. The zero-order chi connectivity index (χ0) is 20.8. The van der Waals surface area contributed by atoms with E-state index in [0.717, 1.165) is 56.4 Å². The molecule has 2 aliphatic heterocycles. The van der Waals surface area contributed by atoms with Crippen molar-refractivity contribution < 1.29 is 15.3 Å². The van der Waals surface area contributed by atoms with E-state index in [4.69, 9.17) is 0 Å². The van der Waals surface area contributed by atoms with Gasteiger partial charge in [0.25, 0.3) is 0 Å². The first-order valence-corrected chi connectivity index (χ1v) is 13.2. The summed E-state index contributed by atoms with van der Waals surface area (Å²) in [5.41, 5.74) is -0.489. The van der Waals surface area contributed by atoms with Crippen LogP contribution < -0.4 is 0 Å². The van der Waals surface area contributed by atoms with Gasteiger partial charge >= 0.3 is 0 Å². The van der Waals surface area contributed by atoms with E-state index in [2.05, 4.69) is 18.7 Å². The van der Waals surface area contributed by atoms with Crippen molar-refractivity contribution in [2.45, 2.75) is 102 Å². The van der Waals surface area contributed by atoms with Crippen molar-refractivity contribution in [3.63, 3.8) is 0 Å². The van der Waals surface area contributed by atoms with E-state index in [-0.39, 0.29) is 29.5 Å². The van der Waals surface area contributed by atoms with Crippen LogP contribution in [0.5, 0.6) is 0 Å². The molecule has 12 atom stereocenters. The molecular weight excluding hydrogens is 374 g/mol. The van der Waals surface area contributed by atoms with Gasteiger partial charge in [0.15, 0.2) is 0 Å². The maximum absolute atomic E-state index is 12.2. The fourth-order valence-corrected chi connectivity index (χ4v) is 10.3. The summed E-state index contributed by atoms with van der Waals surface area (Å²) in [6, 6.07) is 0.776. The minimum Gasteiger partial charge on any atom is -0.393 e. The van der Waals surface area contributed by atoms with Crippen molar-refractivity contribution in [3.8, 4) is 0 Å². The summed E-state index contributed by atoms with van der Waals surface area (Å²) in [7, 11) is 0. The van der Waals surface area contributed by atoms with E-state index in [1.54, 1.807) is 0 Å². The van der Waals surface area contributed by atoms with Gasteiger partial charge in [-0.2, -0.15) is 0 Å². The van der Waals surface area contributed by atoms with Crippen LogP contribution in [0.25, 0.3) is 0 Å². The van der Waals surface area contributed by atoms with Gasteiger partial charge in [0.05, 0.1) is 17.8 Å². The van der Waals surface area contributed by atoms with Crippen LogP contribution in [-0.4, -0.2) is 57.2 Å². The molecule has 3 N–H and O–H groups in total. The number of aliphatic hydroxyl groups excluding tert-OH is 2. The third kappa shape index (κ3) is 2.66. The molecule has 6 aliphatic rings. The number of hydrogen-bond donors (Lipinski definition) is 3. The molecule has 170 valence electrons. The van der Waals surface area contributed by atoms with Crippen LogP contribution in [0, 0.1) is 46.8 Å². The lowest BCUT2D eigenvalue weighted by atomic mass is 9.50. The molecule has 6 fully saturated rings. The molecule has 0 aromatic carbocycles. The zero-order valence-electron chi connectivity index (χ0n) is 19.0. The van der Waals surface area contributed by atoms with Crippen molar-refractivity contribution in [2.75, 3.05) is 13.1 Å². The standard InChI is InChI=1S/C26H43NO3/c1-15-17-7-9-26(30)19(18(17)14-27-10-4-3-5-23(15)27)12-20-21(26)13-24(29)22-11-16(28)6-8-25(20,22)2/h15-24,28-30H,3-14H2,1-2H3/t15-,16-,17-,18-,19+,20+,21-,22-,23+,24+,25-,26+/m1/s1. The smallest absolute Gasteiger partial charge is 0.0711 e. The molecule has 2 saturated heterocycles. The van der Waals surface area contributed by atoms with Crippen molar-refractivity contribution in [1.29, 1.82) is 0 Å². The minimum absolute atomic E-state index is 0.0814. The molecule has 0 aromatic rings. The lowest BCUT2D eigenvalue weighted by molar-refractivity contribution is -0.175. The average Bonchev–Trinajstić information content (AvgIpc) is 3.03. The summed E-state index contributed by atoms with van der Waals surface area (Å²) in [6.07, 6.45) is 10.2. The molecule has 4 aliphatic carbocycles. The molecule has 4 heteroatoms. The number of hydrogen-bond acceptors (Lipinski definition) is 4. The van der Waals surface area contributed by atoms with Crippen LogP contribution in [0.3, 0.4) is 0 Å². The summed E-state index contributed by atoms with van der Waals surface area (Å²) in [5, 5.41) is 33.7. The van der Waals surface area contributed by atoms with Crippen LogP contribution in [0.1, 0.15) is 78.1 Å². The van der Waals surface area contributed by atoms with Gasteiger partial charge in [-0.05, 0) is 111 Å². The molecular formula is C26H43NO3. The third-order valence-electron chi connectivity index (χ3n) is 11.8. The highest BCUT2D eigenvalue weighted by molar-refractivity contribution is 5.17. The summed E-state index contributed by atoms with van der Waals surface area (Å²) in [5.74, 6) is 3.55. The molecule has 0 aromatic heterocycles. The average molecular weight is 418 g/mol. The minimum atomic E-state index is -0.570. The van der Waals surface area contributed by atoms with Crippen LogP contribution in [0.4, 0.5) is 0 Å². The molecule has 2 heterocycles. The predicted octanol–water partition coefficient (Wildman–Crippen LogP) is 3.43. The summed E-state index contributed by atoms with van der Waals surface area (Å²) in [6.45, 7) is 7.36. The Labute approximate surface area is 182 Å². The summed E-state index contributed by atoms with van der Waals surface area (Å²) in [4.78, 5) is 2.79. The zero-order valence-corrected chi connectivity index (χ0v) is 19.0. The predicted molar refractivity (Wildman–Crippen MR) is 117 cm³/mol. The first-order valence-electron chi connectivity index (χ1n) is 13.2. The SMILES string of the molecule is C[C@@H]1[C@H]2CC[C@@]3(O)[C@@H]4C[C@H](O)[C@H]5C[C@H](O)CC[C@]5(C)[C@H]4C[C@H]3[C@@H]2CN2CCCC[C@@H]12. The van der Waals surface area contributed by atoms with Gasteiger partial charge in [0.2, 0.25) is 0 Å². The topological polar surface area (TPSA) is 63.9 Å². The van der Waals surface area contributed by atoms with Crippen molar-refractivity contribution >= 4 is 0 Å². The van der Waals surface area contributed by atoms with Gasteiger partial charge in [-0.25, -0.2) is 0 Å². The summed E-state index contributed by atoms with van der Waals surface area (Å²) >= 11 is 0. The molecule has 0 bridgehead atoms. The number of aliphatic hydroxyl groups is 3.